The molecule has 27 heavy (non-hydrogen) atoms. The van der Waals surface area contributed by atoms with E-state index in [0.717, 1.165) is 11.1 Å². The Morgan fingerprint density at radius 1 is 1.19 bits per heavy atom. The van der Waals surface area contributed by atoms with Gasteiger partial charge in [0.1, 0.15) is 18.2 Å². The van der Waals surface area contributed by atoms with Gasteiger partial charge in [0.25, 0.3) is 5.91 Å². The van der Waals surface area contributed by atoms with E-state index in [1.807, 2.05) is 37.3 Å². The minimum absolute atomic E-state index is 0.209. The first kappa shape index (κ1) is 17.0. The number of allylic oxidation sites excluding steroid dienone is 1. The largest absolute Gasteiger partial charge is 0.348 e. The molecular formula is C20H18FN5O. The highest BCUT2D eigenvalue weighted by Crippen LogP contribution is 2.34. The number of amides is 1. The van der Waals surface area contributed by atoms with E-state index in [1.165, 1.54) is 18.5 Å². The van der Waals surface area contributed by atoms with Gasteiger partial charge in [0.15, 0.2) is 0 Å². The summed E-state index contributed by atoms with van der Waals surface area (Å²) in [6.07, 6.45) is 1.43. The highest BCUT2D eigenvalue weighted by Gasteiger charge is 2.33. The Labute approximate surface area is 155 Å². The maximum atomic E-state index is 13.4. The molecule has 0 bridgehead atoms. The highest BCUT2D eigenvalue weighted by molar-refractivity contribution is 5.96. The molecule has 0 saturated heterocycles. The fourth-order valence-corrected chi connectivity index (χ4v) is 3.21. The van der Waals surface area contributed by atoms with Crippen LogP contribution in [-0.2, 0) is 11.3 Å². The van der Waals surface area contributed by atoms with E-state index in [2.05, 4.69) is 20.7 Å². The lowest BCUT2D eigenvalue weighted by Gasteiger charge is -2.28. The van der Waals surface area contributed by atoms with Gasteiger partial charge in [-0.25, -0.2) is 9.07 Å². The summed E-state index contributed by atoms with van der Waals surface area (Å²) in [5.41, 5.74) is 2.98. The van der Waals surface area contributed by atoms with E-state index < -0.39 is 6.04 Å². The quantitative estimate of drug-likeness (QED) is 0.747. The van der Waals surface area contributed by atoms with Gasteiger partial charge in [-0.1, -0.05) is 42.5 Å². The third-order valence-corrected chi connectivity index (χ3v) is 4.52. The van der Waals surface area contributed by atoms with Gasteiger partial charge in [-0.3, -0.25) is 4.79 Å². The van der Waals surface area contributed by atoms with Gasteiger partial charge >= 0.3 is 0 Å². The summed E-state index contributed by atoms with van der Waals surface area (Å²) in [5.74, 6) is 0.00282. The van der Waals surface area contributed by atoms with E-state index in [-0.39, 0.29) is 11.7 Å². The predicted octanol–water partition coefficient (Wildman–Crippen LogP) is 3.02. The molecule has 1 atom stereocenters. The van der Waals surface area contributed by atoms with Crippen molar-refractivity contribution in [3.05, 3.63) is 89.1 Å². The Morgan fingerprint density at radius 3 is 2.67 bits per heavy atom. The number of halogens is 1. The second-order valence-corrected chi connectivity index (χ2v) is 6.31. The molecule has 0 saturated carbocycles. The third-order valence-electron chi connectivity index (χ3n) is 4.52. The molecule has 3 aromatic rings. The molecule has 4 rings (SSSR count). The van der Waals surface area contributed by atoms with Gasteiger partial charge in [-0.15, -0.1) is 0 Å². The van der Waals surface area contributed by atoms with Crippen molar-refractivity contribution in [2.24, 2.45) is 0 Å². The Balaban J connectivity index is 1.67. The van der Waals surface area contributed by atoms with Crippen LogP contribution >= 0.6 is 0 Å². The molecule has 1 unspecified atom stereocenters. The summed E-state index contributed by atoms with van der Waals surface area (Å²) < 4.78 is 15.0. The van der Waals surface area contributed by atoms with Crippen LogP contribution in [0.3, 0.4) is 0 Å². The van der Waals surface area contributed by atoms with Gasteiger partial charge in [0, 0.05) is 12.2 Å². The average molecular weight is 363 g/mol. The number of carbonyl (C=O) groups excluding carboxylic acids is 1. The number of rotatable bonds is 4. The summed E-state index contributed by atoms with van der Waals surface area (Å²) in [4.78, 5) is 17.2. The van der Waals surface area contributed by atoms with Crippen molar-refractivity contribution in [2.45, 2.75) is 19.5 Å². The van der Waals surface area contributed by atoms with Crippen LogP contribution in [0.5, 0.6) is 0 Å². The number of hydrogen-bond acceptors (Lipinski definition) is 4. The molecule has 1 aliphatic rings. The number of fused-ring (bicyclic) bond motifs is 1. The first-order chi connectivity index (χ1) is 13.1. The SMILES string of the molecule is CC1=C(C(=O)NCc2ccccc2)C(c2ccc(F)cc2)n2ncnc2N1. The first-order valence-corrected chi connectivity index (χ1v) is 8.58. The van der Waals surface area contributed by atoms with Crippen LogP contribution in [0.15, 0.2) is 72.2 Å². The Hall–Kier alpha value is -3.48. The maximum Gasteiger partial charge on any atom is 0.251 e. The van der Waals surface area contributed by atoms with Crippen molar-refractivity contribution in [1.82, 2.24) is 20.1 Å². The zero-order valence-corrected chi connectivity index (χ0v) is 14.7. The van der Waals surface area contributed by atoms with Crippen molar-refractivity contribution >= 4 is 11.9 Å². The number of nitrogens with zero attached hydrogens (tertiary/aromatic N) is 3. The van der Waals surface area contributed by atoms with Crippen molar-refractivity contribution in [2.75, 3.05) is 5.32 Å². The second kappa shape index (κ2) is 7.03. The molecule has 2 aromatic carbocycles. The Bertz CT molecular complexity index is 995. The molecule has 1 aliphatic heterocycles. The van der Waals surface area contributed by atoms with Crippen molar-refractivity contribution in [3.63, 3.8) is 0 Å². The average Bonchev–Trinajstić information content (AvgIpc) is 3.14. The van der Waals surface area contributed by atoms with Crippen molar-refractivity contribution < 1.29 is 9.18 Å². The minimum atomic E-state index is -0.486. The summed E-state index contributed by atoms with van der Waals surface area (Å²) in [6.45, 7) is 2.24. The highest BCUT2D eigenvalue weighted by atomic mass is 19.1. The van der Waals surface area contributed by atoms with E-state index in [4.69, 9.17) is 0 Å². The number of nitrogens with one attached hydrogen (secondary N) is 2. The van der Waals surface area contributed by atoms with Crippen molar-refractivity contribution in [1.29, 1.82) is 0 Å². The fraction of sp³-hybridized carbons (Fsp3) is 0.150. The molecule has 1 amide bonds. The lowest BCUT2D eigenvalue weighted by Crippen LogP contribution is -2.34. The van der Waals surface area contributed by atoms with E-state index in [0.29, 0.717) is 23.8 Å². The standard InChI is InChI=1S/C20H18FN5O/c1-13-17(19(27)22-11-14-5-3-2-4-6-14)18(15-7-9-16(21)10-8-15)26-20(25-13)23-12-24-26/h2-10,12,18H,11H2,1H3,(H,22,27)(H,23,24,25). The third kappa shape index (κ3) is 3.31. The van der Waals surface area contributed by atoms with E-state index in [1.54, 1.807) is 16.8 Å². The molecular weight excluding hydrogens is 345 g/mol. The van der Waals surface area contributed by atoms with Crippen LogP contribution < -0.4 is 10.6 Å². The molecule has 0 fully saturated rings. The minimum Gasteiger partial charge on any atom is -0.348 e. The van der Waals surface area contributed by atoms with Crippen LogP contribution in [0.25, 0.3) is 0 Å². The van der Waals surface area contributed by atoms with Crippen LogP contribution in [0.1, 0.15) is 24.1 Å². The molecule has 2 N–H and O–H groups in total. The van der Waals surface area contributed by atoms with Crippen LogP contribution in [0, 0.1) is 5.82 Å². The molecule has 7 heteroatoms. The number of benzene rings is 2. The van der Waals surface area contributed by atoms with Gasteiger partial charge in [-0.2, -0.15) is 10.1 Å². The van der Waals surface area contributed by atoms with Gasteiger partial charge < -0.3 is 10.6 Å². The molecule has 136 valence electrons. The van der Waals surface area contributed by atoms with Crippen LogP contribution in [-0.4, -0.2) is 20.7 Å². The predicted molar refractivity (Wildman–Crippen MR) is 99.2 cm³/mol. The van der Waals surface area contributed by atoms with Crippen LogP contribution in [0.2, 0.25) is 0 Å². The molecule has 2 heterocycles. The summed E-state index contributed by atoms with van der Waals surface area (Å²) >= 11 is 0. The first-order valence-electron chi connectivity index (χ1n) is 8.58. The number of anilines is 1. The van der Waals surface area contributed by atoms with Crippen molar-refractivity contribution in [3.8, 4) is 0 Å². The van der Waals surface area contributed by atoms with Gasteiger partial charge in [0.05, 0.1) is 5.57 Å². The zero-order valence-electron chi connectivity index (χ0n) is 14.7. The Morgan fingerprint density at radius 2 is 1.93 bits per heavy atom. The van der Waals surface area contributed by atoms with Gasteiger partial charge in [0.2, 0.25) is 5.95 Å². The summed E-state index contributed by atoms with van der Waals surface area (Å²) in [7, 11) is 0. The molecule has 6 nitrogen and oxygen atoms in total. The number of carbonyl (C=O) groups is 1. The lowest BCUT2D eigenvalue weighted by atomic mass is 9.95. The topological polar surface area (TPSA) is 71.8 Å². The lowest BCUT2D eigenvalue weighted by molar-refractivity contribution is -0.118. The second-order valence-electron chi connectivity index (χ2n) is 6.31. The smallest absolute Gasteiger partial charge is 0.251 e. The van der Waals surface area contributed by atoms with E-state index in [9.17, 15) is 9.18 Å². The maximum absolute atomic E-state index is 13.4. The van der Waals surface area contributed by atoms with Crippen LogP contribution in [0.4, 0.5) is 10.3 Å². The monoisotopic (exact) mass is 363 g/mol. The molecule has 0 radical (unpaired) electrons. The van der Waals surface area contributed by atoms with E-state index >= 15 is 0 Å². The number of hydrogen-bond donors (Lipinski definition) is 2. The normalized spacial score (nSPS) is 15.9. The zero-order chi connectivity index (χ0) is 18.8. The van der Waals surface area contributed by atoms with Gasteiger partial charge in [-0.05, 0) is 30.2 Å². The summed E-state index contributed by atoms with van der Waals surface area (Å²) in [6, 6.07) is 15.3. The molecule has 1 aromatic heterocycles. The number of aromatic nitrogens is 3. The Kier molecular flexibility index (Phi) is 4.42. The fourth-order valence-electron chi connectivity index (χ4n) is 3.21. The molecule has 0 aliphatic carbocycles. The molecule has 0 spiro atoms. The summed E-state index contributed by atoms with van der Waals surface area (Å²) in [5, 5.41) is 10.3.